The second-order valence-electron chi connectivity index (χ2n) is 7.82. The third kappa shape index (κ3) is 8.06. The Bertz CT molecular complexity index is 673. The number of ether oxygens (including phenoxy) is 1. The zero-order chi connectivity index (χ0) is 20.9. The Morgan fingerprint density at radius 1 is 1.21 bits per heavy atom. The van der Waals surface area contributed by atoms with Crippen molar-refractivity contribution in [2.24, 2.45) is 4.99 Å². The first-order chi connectivity index (χ1) is 14.2. The van der Waals surface area contributed by atoms with Gasteiger partial charge in [-0.3, -0.25) is 4.99 Å². The summed E-state index contributed by atoms with van der Waals surface area (Å²) in [6.45, 7) is 11.9. The molecule has 0 radical (unpaired) electrons. The first-order valence-corrected chi connectivity index (χ1v) is 11.2. The van der Waals surface area contributed by atoms with E-state index in [2.05, 4.69) is 48.2 Å². The minimum Gasteiger partial charge on any atom is -0.490 e. The van der Waals surface area contributed by atoms with Gasteiger partial charge in [-0.05, 0) is 64.1 Å². The molecule has 2 N–H and O–H groups in total. The summed E-state index contributed by atoms with van der Waals surface area (Å²) in [5, 5.41) is 7.17. The Hall–Kier alpha value is -2.07. The average Bonchev–Trinajstić information content (AvgIpc) is 2.72. The van der Waals surface area contributed by atoms with E-state index in [4.69, 9.17) is 4.74 Å². The van der Waals surface area contributed by atoms with Crippen LogP contribution in [-0.2, 0) is 0 Å². The maximum Gasteiger partial charge on any atom is 0.122 e. The molecular formula is C25H39N3O. The Balaban J connectivity index is 1.94. The van der Waals surface area contributed by atoms with E-state index in [1.807, 2.05) is 25.3 Å². The number of aryl methyl sites for hydroxylation is 1. The van der Waals surface area contributed by atoms with Crippen molar-refractivity contribution >= 4 is 17.6 Å². The van der Waals surface area contributed by atoms with Crippen molar-refractivity contribution in [3.63, 3.8) is 0 Å². The molecule has 0 unspecified atom stereocenters. The first kappa shape index (κ1) is 23.2. The van der Waals surface area contributed by atoms with E-state index in [1.165, 1.54) is 32.1 Å². The van der Waals surface area contributed by atoms with Crippen LogP contribution in [0.1, 0.15) is 64.4 Å². The number of allylic oxidation sites excluding steroid dienone is 2. The molecule has 0 bridgehead atoms. The van der Waals surface area contributed by atoms with Crippen molar-refractivity contribution in [2.45, 2.75) is 77.9 Å². The Kier molecular flexibility index (Phi) is 10.6. The lowest BCUT2D eigenvalue weighted by Crippen LogP contribution is -2.36. The lowest BCUT2D eigenvalue weighted by molar-refractivity contribution is 0.139. The highest BCUT2D eigenvalue weighted by atomic mass is 16.5. The van der Waals surface area contributed by atoms with E-state index >= 15 is 0 Å². The predicted molar refractivity (Wildman–Crippen MR) is 127 cm³/mol. The molecule has 2 rings (SSSR count). The topological polar surface area (TPSA) is 45.6 Å². The number of hydrogen-bond acceptors (Lipinski definition) is 4. The SMILES string of the molecule is C=C/C=C\CNc1cc(OC2CCC(NCCCCC)CC2)cc(C)c1/N=C\C. The molecule has 0 aromatic heterocycles. The molecule has 1 fully saturated rings. The van der Waals surface area contributed by atoms with E-state index in [-0.39, 0.29) is 0 Å². The van der Waals surface area contributed by atoms with Gasteiger partial charge in [0.05, 0.1) is 17.5 Å². The molecule has 0 spiro atoms. The first-order valence-electron chi connectivity index (χ1n) is 11.2. The summed E-state index contributed by atoms with van der Waals surface area (Å²) in [5.74, 6) is 0.937. The monoisotopic (exact) mass is 397 g/mol. The number of anilines is 1. The summed E-state index contributed by atoms with van der Waals surface area (Å²) in [6, 6.07) is 4.86. The highest BCUT2D eigenvalue weighted by Crippen LogP contribution is 2.35. The highest BCUT2D eigenvalue weighted by Gasteiger charge is 2.22. The summed E-state index contributed by atoms with van der Waals surface area (Å²) in [5.41, 5.74) is 3.12. The van der Waals surface area contributed by atoms with Crippen molar-refractivity contribution in [1.29, 1.82) is 0 Å². The van der Waals surface area contributed by atoms with Gasteiger partial charge in [0.2, 0.25) is 0 Å². The van der Waals surface area contributed by atoms with Gasteiger partial charge < -0.3 is 15.4 Å². The van der Waals surface area contributed by atoms with Crippen LogP contribution >= 0.6 is 0 Å². The molecule has 0 heterocycles. The van der Waals surface area contributed by atoms with Crippen LogP contribution in [0, 0.1) is 6.92 Å². The minimum atomic E-state index is 0.303. The number of unbranched alkanes of at least 4 members (excludes halogenated alkanes) is 2. The zero-order valence-electron chi connectivity index (χ0n) is 18.5. The van der Waals surface area contributed by atoms with Crippen LogP contribution in [-0.4, -0.2) is 31.4 Å². The van der Waals surface area contributed by atoms with Crippen LogP contribution in [0.3, 0.4) is 0 Å². The van der Waals surface area contributed by atoms with E-state index in [1.54, 1.807) is 6.08 Å². The van der Waals surface area contributed by atoms with E-state index in [9.17, 15) is 0 Å². The molecule has 0 atom stereocenters. The molecule has 1 aliphatic carbocycles. The molecule has 4 heteroatoms. The fourth-order valence-electron chi connectivity index (χ4n) is 3.84. The highest BCUT2D eigenvalue weighted by molar-refractivity contribution is 5.76. The molecule has 160 valence electrons. The van der Waals surface area contributed by atoms with Gasteiger partial charge in [0.25, 0.3) is 0 Å². The number of nitrogens with one attached hydrogen (secondary N) is 2. The predicted octanol–water partition coefficient (Wildman–Crippen LogP) is 6.34. The third-order valence-electron chi connectivity index (χ3n) is 5.41. The van der Waals surface area contributed by atoms with Crippen molar-refractivity contribution in [3.05, 3.63) is 42.5 Å². The molecule has 0 saturated heterocycles. The van der Waals surface area contributed by atoms with Crippen LogP contribution in [0.2, 0.25) is 0 Å². The molecular weight excluding hydrogens is 358 g/mol. The van der Waals surface area contributed by atoms with Crippen LogP contribution in [0.4, 0.5) is 11.4 Å². The number of aliphatic imine (C=N–C) groups is 1. The van der Waals surface area contributed by atoms with E-state index in [0.29, 0.717) is 12.1 Å². The molecule has 0 aliphatic heterocycles. The average molecular weight is 398 g/mol. The fourth-order valence-corrected chi connectivity index (χ4v) is 3.84. The lowest BCUT2D eigenvalue weighted by Gasteiger charge is -2.30. The Morgan fingerprint density at radius 2 is 2.00 bits per heavy atom. The van der Waals surface area contributed by atoms with Gasteiger partial charge in [-0.1, -0.05) is 44.6 Å². The Labute approximate surface area is 177 Å². The quantitative estimate of drug-likeness (QED) is 0.246. The second-order valence-corrected chi connectivity index (χ2v) is 7.82. The normalized spacial score (nSPS) is 19.7. The molecule has 29 heavy (non-hydrogen) atoms. The molecule has 1 aliphatic rings. The number of rotatable bonds is 12. The third-order valence-corrected chi connectivity index (χ3v) is 5.41. The number of benzene rings is 1. The van der Waals surface area contributed by atoms with Crippen molar-refractivity contribution in [3.8, 4) is 5.75 Å². The summed E-state index contributed by atoms with van der Waals surface area (Å²) in [6.07, 6.45) is 16.4. The van der Waals surface area contributed by atoms with Gasteiger partial charge in [0.15, 0.2) is 0 Å². The van der Waals surface area contributed by atoms with E-state index < -0.39 is 0 Å². The molecule has 1 aromatic rings. The van der Waals surface area contributed by atoms with Crippen LogP contribution in [0.5, 0.6) is 5.75 Å². The van der Waals surface area contributed by atoms with Gasteiger partial charge in [-0.15, -0.1) is 0 Å². The summed E-state index contributed by atoms with van der Waals surface area (Å²) >= 11 is 0. The largest absolute Gasteiger partial charge is 0.490 e. The van der Waals surface area contributed by atoms with Gasteiger partial charge in [0, 0.05) is 24.9 Å². The molecule has 1 saturated carbocycles. The zero-order valence-corrected chi connectivity index (χ0v) is 18.5. The minimum absolute atomic E-state index is 0.303. The van der Waals surface area contributed by atoms with Crippen molar-refractivity contribution < 1.29 is 4.74 Å². The second kappa shape index (κ2) is 13.2. The fraction of sp³-hybridized carbons (Fsp3) is 0.560. The van der Waals surface area contributed by atoms with Gasteiger partial charge in [-0.25, -0.2) is 0 Å². The summed E-state index contributed by atoms with van der Waals surface area (Å²) < 4.78 is 6.37. The molecule has 1 aromatic carbocycles. The van der Waals surface area contributed by atoms with Crippen molar-refractivity contribution in [2.75, 3.05) is 18.4 Å². The van der Waals surface area contributed by atoms with Gasteiger partial charge in [0.1, 0.15) is 5.75 Å². The van der Waals surface area contributed by atoms with Crippen LogP contribution in [0.15, 0.2) is 41.9 Å². The molecule has 0 amide bonds. The molecule has 4 nitrogen and oxygen atoms in total. The maximum absolute atomic E-state index is 6.37. The van der Waals surface area contributed by atoms with Crippen molar-refractivity contribution in [1.82, 2.24) is 5.32 Å². The summed E-state index contributed by atoms with van der Waals surface area (Å²) in [7, 11) is 0. The van der Waals surface area contributed by atoms with Gasteiger partial charge >= 0.3 is 0 Å². The van der Waals surface area contributed by atoms with Crippen LogP contribution < -0.4 is 15.4 Å². The maximum atomic E-state index is 6.37. The standard InChI is InChI=1S/C25H39N3O/c1-5-8-10-16-27-21-12-14-22(15-13-21)29-23-18-20(4)25(26-7-3)24(19-23)28-17-11-9-6-2/h6-7,9,11,18-19,21-22,27-28H,2,5,8,10,12-17H2,1,3-4H3/b11-9-,26-7-. The number of nitrogens with zero attached hydrogens (tertiary/aromatic N) is 1. The summed E-state index contributed by atoms with van der Waals surface area (Å²) in [4.78, 5) is 4.55. The van der Waals surface area contributed by atoms with Crippen LogP contribution in [0.25, 0.3) is 0 Å². The lowest BCUT2D eigenvalue weighted by atomic mass is 9.92. The Morgan fingerprint density at radius 3 is 2.69 bits per heavy atom. The van der Waals surface area contributed by atoms with Gasteiger partial charge in [-0.2, -0.15) is 0 Å². The smallest absolute Gasteiger partial charge is 0.122 e. The van der Waals surface area contributed by atoms with E-state index in [0.717, 1.165) is 48.6 Å². The number of hydrogen-bond donors (Lipinski definition) is 2.